The first kappa shape index (κ1) is 19.7. The third-order valence-corrected chi connectivity index (χ3v) is 17.5. The van der Waals surface area contributed by atoms with Crippen LogP contribution in [0.2, 0.25) is 0 Å². The Morgan fingerprint density at radius 3 is 1.60 bits per heavy atom. The maximum absolute atomic E-state index is 4.67. The van der Waals surface area contributed by atoms with Crippen LogP contribution in [0, 0.1) is 6.92 Å². The van der Waals surface area contributed by atoms with E-state index in [0.717, 1.165) is 12.8 Å². The van der Waals surface area contributed by atoms with Crippen LogP contribution < -0.4 is 15.9 Å². The van der Waals surface area contributed by atoms with Crippen molar-refractivity contribution in [2.24, 2.45) is 0 Å². The van der Waals surface area contributed by atoms with Gasteiger partial charge < -0.3 is 0 Å². The van der Waals surface area contributed by atoms with Gasteiger partial charge in [-0.15, -0.1) is 0 Å². The minimum absolute atomic E-state index is 0.401. The van der Waals surface area contributed by atoms with Crippen LogP contribution in [-0.4, -0.2) is 0 Å². The van der Waals surface area contributed by atoms with Gasteiger partial charge in [0, 0.05) is 0 Å². The van der Waals surface area contributed by atoms with Crippen LogP contribution in [0.25, 0.3) is 0 Å². The van der Waals surface area contributed by atoms with E-state index in [9.17, 15) is 0 Å². The Morgan fingerprint density at radius 2 is 1.13 bits per heavy atom. The topological polar surface area (TPSA) is 0 Å². The van der Waals surface area contributed by atoms with Crippen LogP contribution in [0.3, 0.4) is 0 Å². The average Bonchev–Trinajstić information content (AvgIpc) is 3.24. The zero-order valence-corrected chi connectivity index (χ0v) is 19.7. The number of halogens is 1. The van der Waals surface area contributed by atoms with Crippen LogP contribution >= 0.6 is 20.8 Å². The van der Waals surface area contributed by atoms with E-state index in [0.29, 0.717) is 5.66 Å². The van der Waals surface area contributed by atoms with E-state index >= 15 is 0 Å². The number of hydrogen-bond acceptors (Lipinski definition) is 0. The summed E-state index contributed by atoms with van der Waals surface area (Å²) in [4.78, 5) is 0. The molecule has 0 aromatic heterocycles. The Kier molecular flexibility index (Phi) is 4.92. The molecule has 0 bridgehead atoms. The van der Waals surface area contributed by atoms with Gasteiger partial charge in [-0.1, -0.05) is 0 Å². The second-order valence-electron chi connectivity index (χ2n) is 8.34. The predicted octanol–water partition coefficient (Wildman–Crippen LogP) is 6.82. The molecule has 1 atom stereocenters. The predicted molar refractivity (Wildman–Crippen MR) is 136 cm³/mol. The van der Waals surface area contributed by atoms with Crippen LogP contribution in [-0.2, 0) is 6.42 Å². The molecule has 0 radical (unpaired) electrons. The van der Waals surface area contributed by atoms with E-state index in [1.807, 2.05) is 0 Å². The fraction of sp³-hybridized carbons (Fsp3) is 0.143. The molecule has 5 rings (SSSR count). The summed E-state index contributed by atoms with van der Waals surface area (Å²) in [5, 5.41) is 1.23. The third kappa shape index (κ3) is 2.76. The Morgan fingerprint density at radius 1 is 0.667 bits per heavy atom. The summed E-state index contributed by atoms with van der Waals surface area (Å²) >= 11 is 4.67. The van der Waals surface area contributed by atoms with Crippen molar-refractivity contribution in [1.82, 2.24) is 0 Å². The zero-order chi connectivity index (χ0) is 20.6. The van der Waals surface area contributed by atoms with Crippen molar-refractivity contribution >= 4 is 36.7 Å². The van der Waals surface area contributed by atoms with Gasteiger partial charge >= 0.3 is 188 Å². The van der Waals surface area contributed by atoms with E-state index in [2.05, 4.69) is 132 Å². The molecule has 1 aliphatic carbocycles. The molecular formula is C28H26BrP. The van der Waals surface area contributed by atoms with Crippen molar-refractivity contribution in [3.05, 3.63) is 126 Å². The van der Waals surface area contributed by atoms with Gasteiger partial charge in [0.1, 0.15) is 0 Å². The number of hydrogen-bond donors (Lipinski definition) is 0. The molecule has 0 aliphatic heterocycles. The molecule has 1 unspecified atom stereocenters. The second-order valence-corrected chi connectivity index (χ2v) is 17.1. The van der Waals surface area contributed by atoms with E-state index in [4.69, 9.17) is 0 Å². The van der Waals surface area contributed by atoms with E-state index in [-0.39, 0.29) is 0 Å². The van der Waals surface area contributed by atoms with Crippen LogP contribution in [0.5, 0.6) is 0 Å². The quantitative estimate of drug-likeness (QED) is 0.285. The first-order chi connectivity index (χ1) is 14.6. The summed E-state index contributed by atoms with van der Waals surface area (Å²) in [6.07, 6.45) is 2.29. The van der Waals surface area contributed by atoms with Crippen LogP contribution in [0.4, 0.5) is 0 Å². The SMILES string of the molecule is Cc1ccc2c(c1)C(P(Br)(c1ccccc1)(c1ccccc1)c1ccccc1)CC2. The molecule has 4 aromatic carbocycles. The molecular weight excluding hydrogens is 447 g/mol. The Balaban J connectivity index is 1.94. The Labute approximate surface area is 187 Å². The summed E-state index contributed by atoms with van der Waals surface area (Å²) in [7, 11) is 0. The number of benzene rings is 4. The summed E-state index contributed by atoms with van der Waals surface area (Å²) in [6.45, 7) is 2.21. The normalized spacial score (nSPS) is 17.1. The molecule has 0 fully saturated rings. The molecule has 1 aliphatic rings. The molecule has 4 aromatic rings. The van der Waals surface area contributed by atoms with E-state index in [1.165, 1.54) is 32.6 Å². The minimum atomic E-state index is -2.98. The van der Waals surface area contributed by atoms with Crippen molar-refractivity contribution in [3.63, 3.8) is 0 Å². The third-order valence-electron chi connectivity index (χ3n) is 6.72. The summed E-state index contributed by atoms with van der Waals surface area (Å²) in [6, 6.07) is 40.6. The monoisotopic (exact) mass is 472 g/mol. The molecule has 0 amide bonds. The van der Waals surface area contributed by atoms with Crippen molar-refractivity contribution in [2.75, 3.05) is 0 Å². The van der Waals surface area contributed by atoms with Crippen LogP contribution in [0.15, 0.2) is 109 Å². The van der Waals surface area contributed by atoms with Gasteiger partial charge in [-0.2, -0.15) is 0 Å². The van der Waals surface area contributed by atoms with Gasteiger partial charge in [-0.25, -0.2) is 0 Å². The van der Waals surface area contributed by atoms with Gasteiger partial charge in [-0.3, -0.25) is 0 Å². The summed E-state index contributed by atoms with van der Waals surface area (Å²) in [5.41, 5.74) is 4.76. The van der Waals surface area contributed by atoms with Gasteiger partial charge in [0.05, 0.1) is 0 Å². The fourth-order valence-corrected chi connectivity index (χ4v) is 14.4. The van der Waals surface area contributed by atoms with Crippen LogP contribution in [0.1, 0.15) is 28.8 Å². The first-order valence-corrected chi connectivity index (χ1v) is 14.9. The molecule has 0 spiro atoms. The van der Waals surface area contributed by atoms with Gasteiger partial charge in [0.25, 0.3) is 0 Å². The van der Waals surface area contributed by atoms with Gasteiger partial charge in [-0.05, 0) is 0 Å². The van der Waals surface area contributed by atoms with Crippen molar-refractivity contribution in [1.29, 1.82) is 0 Å². The molecule has 0 heterocycles. The van der Waals surface area contributed by atoms with E-state index in [1.54, 1.807) is 0 Å². The van der Waals surface area contributed by atoms with Gasteiger partial charge in [0.2, 0.25) is 0 Å². The first-order valence-electron chi connectivity index (χ1n) is 10.6. The van der Waals surface area contributed by atoms with Crippen molar-refractivity contribution in [3.8, 4) is 0 Å². The molecule has 0 nitrogen and oxygen atoms in total. The van der Waals surface area contributed by atoms with Crippen molar-refractivity contribution < 1.29 is 0 Å². The summed E-state index contributed by atoms with van der Waals surface area (Å²) in [5.74, 6) is 0. The molecule has 0 N–H and O–H groups in total. The number of rotatable bonds is 4. The number of aryl methyl sites for hydroxylation is 2. The number of fused-ring (bicyclic) bond motifs is 1. The van der Waals surface area contributed by atoms with Gasteiger partial charge in [0.15, 0.2) is 0 Å². The van der Waals surface area contributed by atoms with Crippen molar-refractivity contribution in [2.45, 2.75) is 25.4 Å². The average molecular weight is 473 g/mol. The zero-order valence-electron chi connectivity index (χ0n) is 17.2. The Hall–Kier alpha value is -2.21. The summed E-state index contributed by atoms with van der Waals surface area (Å²) < 4.78 is 0. The fourth-order valence-electron chi connectivity index (χ4n) is 5.35. The molecule has 2 heteroatoms. The molecule has 150 valence electrons. The molecule has 30 heavy (non-hydrogen) atoms. The molecule has 0 saturated heterocycles. The molecule has 0 saturated carbocycles. The second kappa shape index (κ2) is 7.49. The standard InChI is InChI=1S/C28H26BrP/c1-22-17-18-23-19-20-28(27(23)21-22)30(29,24-11-5-2-6-12-24,25-13-7-3-8-14-25)26-15-9-4-10-16-26/h2-18,21,28H,19-20H2,1H3. The maximum atomic E-state index is 4.67. The Bertz CT molecular complexity index is 1070. The van der Waals surface area contributed by atoms with E-state index < -0.39 is 5.31 Å².